The van der Waals surface area contributed by atoms with Gasteiger partial charge in [-0.25, -0.2) is 9.78 Å². The van der Waals surface area contributed by atoms with Crippen LogP contribution in [-0.4, -0.2) is 45.0 Å². The van der Waals surface area contributed by atoms with Crippen LogP contribution in [0.25, 0.3) is 5.65 Å². The number of aromatic nitrogens is 2. The average molecular weight is 358 g/mol. The molecule has 0 spiro atoms. The Balaban J connectivity index is 1.61. The van der Waals surface area contributed by atoms with Crippen LogP contribution in [-0.2, 0) is 15.1 Å². The van der Waals surface area contributed by atoms with E-state index in [0.29, 0.717) is 13.1 Å². The summed E-state index contributed by atoms with van der Waals surface area (Å²) in [5, 5.41) is 3.08. The van der Waals surface area contributed by atoms with E-state index in [2.05, 4.69) is 10.3 Å². The number of carbonyl (C=O) groups excluding carboxylic acids is 2. The van der Waals surface area contributed by atoms with Crippen LogP contribution < -0.4 is 5.32 Å². The summed E-state index contributed by atoms with van der Waals surface area (Å²) in [6.07, 6.45) is 3.34. The molecule has 0 radical (unpaired) electrons. The lowest BCUT2D eigenvalue weighted by Crippen LogP contribution is -2.58. The number of pyridine rings is 1. The fourth-order valence-corrected chi connectivity index (χ4v) is 2.99. The van der Waals surface area contributed by atoms with E-state index in [1.54, 1.807) is 11.1 Å². The van der Waals surface area contributed by atoms with Gasteiger partial charge in [0.1, 0.15) is 11.2 Å². The molecule has 2 amide bonds. The van der Waals surface area contributed by atoms with Crippen molar-refractivity contribution in [3.8, 4) is 0 Å². The van der Waals surface area contributed by atoms with Crippen LogP contribution in [0.15, 0.2) is 30.6 Å². The molecule has 2 aromatic heterocycles. The number of nitrogens with one attached hydrogen (secondary N) is 1. The molecule has 26 heavy (non-hydrogen) atoms. The smallest absolute Gasteiger partial charge is 0.410 e. The minimum absolute atomic E-state index is 0.0688. The monoisotopic (exact) mass is 358 g/mol. The molecule has 1 N–H and O–H groups in total. The van der Waals surface area contributed by atoms with Crippen molar-refractivity contribution in [2.24, 2.45) is 5.92 Å². The Kier molecular flexibility index (Phi) is 4.42. The molecule has 1 aliphatic heterocycles. The van der Waals surface area contributed by atoms with Crippen molar-refractivity contribution >= 4 is 17.6 Å². The van der Waals surface area contributed by atoms with Gasteiger partial charge in [0.05, 0.1) is 23.3 Å². The molecule has 0 aliphatic carbocycles. The van der Waals surface area contributed by atoms with Crippen molar-refractivity contribution in [3.63, 3.8) is 0 Å². The number of imidazole rings is 1. The van der Waals surface area contributed by atoms with Gasteiger partial charge < -0.3 is 19.4 Å². The van der Waals surface area contributed by atoms with Crippen molar-refractivity contribution in [1.82, 2.24) is 19.6 Å². The standard InChI is InChI=1S/C19H26N4O3/c1-18(2,3)26-17(25)22-11-13(12-22)16(24)21-19(4,5)14-10-20-15-8-6-7-9-23(14)15/h6-10,13H,11-12H2,1-5H3,(H,21,24). The summed E-state index contributed by atoms with van der Waals surface area (Å²) in [5.41, 5.74) is 0.633. The van der Waals surface area contributed by atoms with Crippen LogP contribution in [0.3, 0.4) is 0 Å². The van der Waals surface area contributed by atoms with Crippen molar-refractivity contribution in [2.75, 3.05) is 13.1 Å². The predicted octanol–water partition coefficient (Wildman–Crippen LogP) is 2.55. The first-order valence-corrected chi connectivity index (χ1v) is 8.79. The van der Waals surface area contributed by atoms with Gasteiger partial charge in [0.15, 0.2) is 0 Å². The van der Waals surface area contributed by atoms with E-state index in [-0.39, 0.29) is 17.9 Å². The molecular weight excluding hydrogens is 332 g/mol. The summed E-state index contributed by atoms with van der Waals surface area (Å²) in [6, 6.07) is 5.78. The number of fused-ring (bicyclic) bond motifs is 1. The number of rotatable bonds is 3. The van der Waals surface area contributed by atoms with E-state index in [0.717, 1.165) is 11.3 Å². The fraction of sp³-hybridized carbons (Fsp3) is 0.526. The van der Waals surface area contributed by atoms with Gasteiger partial charge >= 0.3 is 6.09 Å². The van der Waals surface area contributed by atoms with Crippen molar-refractivity contribution in [1.29, 1.82) is 0 Å². The summed E-state index contributed by atoms with van der Waals surface area (Å²) in [5.74, 6) is -0.290. The SMILES string of the molecule is CC(C)(C)OC(=O)N1CC(C(=O)NC(C)(C)c2cnc3ccccn23)C1. The number of carbonyl (C=O) groups is 2. The van der Waals surface area contributed by atoms with Crippen molar-refractivity contribution < 1.29 is 14.3 Å². The number of ether oxygens (including phenoxy) is 1. The maximum absolute atomic E-state index is 12.6. The first-order valence-electron chi connectivity index (χ1n) is 8.79. The Morgan fingerprint density at radius 1 is 1.19 bits per heavy atom. The molecule has 3 heterocycles. The third-order valence-corrected chi connectivity index (χ3v) is 4.40. The van der Waals surface area contributed by atoms with Gasteiger partial charge in [-0.05, 0) is 46.8 Å². The molecule has 140 valence electrons. The molecule has 0 saturated carbocycles. The van der Waals surface area contributed by atoms with Gasteiger partial charge in [0.2, 0.25) is 5.91 Å². The first kappa shape index (κ1) is 18.2. The van der Waals surface area contributed by atoms with E-state index in [9.17, 15) is 9.59 Å². The molecule has 0 atom stereocenters. The van der Waals surface area contributed by atoms with Gasteiger partial charge in [0.25, 0.3) is 0 Å². The summed E-state index contributed by atoms with van der Waals surface area (Å²) in [4.78, 5) is 30.5. The summed E-state index contributed by atoms with van der Waals surface area (Å²) >= 11 is 0. The van der Waals surface area contributed by atoms with Crippen LogP contribution in [0.2, 0.25) is 0 Å². The first-order chi connectivity index (χ1) is 12.1. The highest BCUT2D eigenvalue weighted by Gasteiger charge is 2.40. The van der Waals surface area contributed by atoms with E-state index in [1.807, 2.05) is 63.4 Å². The van der Waals surface area contributed by atoms with Crippen molar-refractivity contribution in [2.45, 2.75) is 45.8 Å². The molecule has 3 rings (SSSR count). The normalized spacial score (nSPS) is 15.7. The highest BCUT2D eigenvalue weighted by atomic mass is 16.6. The number of hydrogen-bond acceptors (Lipinski definition) is 4. The molecule has 1 fully saturated rings. The maximum atomic E-state index is 12.6. The zero-order valence-electron chi connectivity index (χ0n) is 15.9. The highest BCUT2D eigenvalue weighted by Crippen LogP contribution is 2.24. The Morgan fingerprint density at radius 2 is 1.88 bits per heavy atom. The van der Waals surface area contributed by atoms with Crippen LogP contribution in [0, 0.1) is 5.92 Å². The topological polar surface area (TPSA) is 75.9 Å². The van der Waals surface area contributed by atoms with Crippen LogP contribution in [0.1, 0.15) is 40.3 Å². The zero-order valence-corrected chi connectivity index (χ0v) is 15.9. The molecule has 7 nitrogen and oxygen atoms in total. The van der Waals surface area contributed by atoms with Crippen LogP contribution in [0.5, 0.6) is 0 Å². The van der Waals surface area contributed by atoms with E-state index >= 15 is 0 Å². The number of nitrogens with zero attached hydrogens (tertiary/aromatic N) is 3. The maximum Gasteiger partial charge on any atom is 0.410 e. The number of hydrogen-bond donors (Lipinski definition) is 1. The second-order valence-corrected chi connectivity index (χ2v) is 8.27. The van der Waals surface area contributed by atoms with Gasteiger partial charge in [-0.15, -0.1) is 0 Å². The second kappa shape index (κ2) is 6.30. The molecule has 2 aromatic rings. The molecule has 7 heteroatoms. The van der Waals surface area contributed by atoms with Gasteiger partial charge in [-0.2, -0.15) is 0 Å². The lowest BCUT2D eigenvalue weighted by atomic mass is 9.95. The van der Waals surface area contributed by atoms with Crippen molar-refractivity contribution in [3.05, 3.63) is 36.3 Å². The molecule has 1 aliphatic rings. The summed E-state index contributed by atoms with van der Waals surface area (Å²) in [7, 11) is 0. The average Bonchev–Trinajstić information content (AvgIpc) is 2.87. The zero-order chi connectivity index (χ0) is 19.1. The van der Waals surface area contributed by atoms with E-state index in [4.69, 9.17) is 4.74 Å². The molecule has 0 aromatic carbocycles. The van der Waals surface area contributed by atoms with Crippen LogP contribution >= 0.6 is 0 Å². The summed E-state index contributed by atoms with van der Waals surface area (Å²) < 4.78 is 7.29. The largest absolute Gasteiger partial charge is 0.444 e. The number of likely N-dealkylation sites (tertiary alicyclic amines) is 1. The van der Waals surface area contributed by atoms with E-state index in [1.165, 1.54) is 0 Å². The van der Waals surface area contributed by atoms with E-state index < -0.39 is 11.1 Å². The minimum Gasteiger partial charge on any atom is -0.444 e. The predicted molar refractivity (Wildman–Crippen MR) is 97.7 cm³/mol. The molecule has 0 bridgehead atoms. The highest BCUT2D eigenvalue weighted by molar-refractivity contribution is 5.83. The van der Waals surface area contributed by atoms with Crippen LogP contribution in [0.4, 0.5) is 4.79 Å². The Hall–Kier alpha value is -2.57. The Morgan fingerprint density at radius 3 is 2.54 bits per heavy atom. The molecule has 0 unspecified atom stereocenters. The Labute approximate surface area is 153 Å². The minimum atomic E-state index is -0.579. The quantitative estimate of drug-likeness (QED) is 0.915. The molecule has 1 saturated heterocycles. The fourth-order valence-electron chi connectivity index (χ4n) is 2.99. The lowest BCUT2D eigenvalue weighted by Gasteiger charge is -2.40. The lowest BCUT2D eigenvalue weighted by molar-refractivity contribution is -0.131. The van der Waals surface area contributed by atoms with Gasteiger partial charge in [0, 0.05) is 19.3 Å². The van der Waals surface area contributed by atoms with Gasteiger partial charge in [-0.1, -0.05) is 6.07 Å². The number of amides is 2. The summed E-state index contributed by atoms with van der Waals surface area (Å²) in [6.45, 7) is 10.1. The third kappa shape index (κ3) is 3.66. The second-order valence-electron chi connectivity index (χ2n) is 8.27. The Bertz CT molecular complexity index is 829. The van der Waals surface area contributed by atoms with Gasteiger partial charge in [-0.3, -0.25) is 4.79 Å². The molecular formula is C19H26N4O3. The third-order valence-electron chi connectivity index (χ3n) is 4.40.